The van der Waals surface area contributed by atoms with Crippen molar-refractivity contribution in [2.24, 2.45) is 0 Å². The molecular formula is C26H29ClFN7O2. The minimum atomic E-state index is -0.209. The fourth-order valence-electron chi connectivity index (χ4n) is 4.67. The van der Waals surface area contributed by atoms with Gasteiger partial charge in [0.1, 0.15) is 5.82 Å². The molecule has 0 aliphatic carbocycles. The Bertz CT molecular complexity index is 1290. The molecule has 9 nitrogen and oxygen atoms in total. The van der Waals surface area contributed by atoms with E-state index in [1.165, 1.54) is 12.1 Å². The zero-order valence-electron chi connectivity index (χ0n) is 20.4. The van der Waals surface area contributed by atoms with Gasteiger partial charge in [0.25, 0.3) is 5.56 Å². The molecule has 3 heterocycles. The van der Waals surface area contributed by atoms with E-state index in [1.54, 1.807) is 41.3 Å². The molecule has 11 heteroatoms. The fourth-order valence-corrected chi connectivity index (χ4v) is 4.79. The molecular weight excluding hydrogens is 497 g/mol. The van der Waals surface area contributed by atoms with E-state index in [0.29, 0.717) is 73.9 Å². The molecule has 2 amide bonds. The second-order valence-corrected chi connectivity index (χ2v) is 9.62. The Morgan fingerprint density at radius 1 is 0.946 bits per heavy atom. The van der Waals surface area contributed by atoms with Crippen LogP contribution in [-0.2, 0) is 6.54 Å². The Labute approximate surface area is 219 Å². The molecule has 1 aromatic heterocycles. The Morgan fingerprint density at radius 2 is 1.62 bits per heavy atom. The summed E-state index contributed by atoms with van der Waals surface area (Å²) in [6, 6.07) is 15.2. The van der Waals surface area contributed by atoms with Crippen LogP contribution >= 0.6 is 11.6 Å². The molecule has 2 aliphatic heterocycles. The van der Waals surface area contributed by atoms with Crippen LogP contribution in [0.5, 0.6) is 0 Å². The standard InChI is InChI=1S/C26H29ClFN7O2/c27-19-5-7-20(8-6-19)30-26(37)35-15-13-34(14-16-35)25-29-21(17-24(36)31-25)18-32-9-11-33(12-10-32)23-4-2-1-3-22(23)28/h1-8,17H,9-16,18H2,(H,30,37)(H,29,31,36). The molecule has 37 heavy (non-hydrogen) atoms. The molecule has 0 atom stereocenters. The van der Waals surface area contributed by atoms with Crippen molar-refractivity contribution < 1.29 is 9.18 Å². The van der Waals surface area contributed by atoms with Crippen LogP contribution in [0.3, 0.4) is 0 Å². The molecule has 5 rings (SSSR count). The first-order valence-electron chi connectivity index (χ1n) is 12.3. The smallest absolute Gasteiger partial charge is 0.321 e. The number of nitrogens with one attached hydrogen (secondary N) is 2. The number of carbonyl (C=O) groups excluding carboxylic acids is 1. The van der Waals surface area contributed by atoms with Crippen molar-refractivity contribution in [1.82, 2.24) is 19.8 Å². The highest BCUT2D eigenvalue weighted by atomic mass is 35.5. The average Bonchev–Trinajstić information content (AvgIpc) is 2.91. The maximum absolute atomic E-state index is 14.1. The summed E-state index contributed by atoms with van der Waals surface area (Å²) in [5.74, 6) is 0.310. The molecule has 0 bridgehead atoms. The van der Waals surface area contributed by atoms with Gasteiger partial charge in [0.2, 0.25) is 5.95 Å². The first-order valence-corrected chi connectivity index (χ1v) is 12.7. The van der Waals surface area contributed by atoms with Gasteiger partial charge in [-0.1, -0.05) is 23.7 Å². The summed E-state index contributed by atoms with van der Waals surface area (Å²) in [6.45, 7) is 5.58. The zero-order valence-corrected chi connectivity index (χ0v) is 21.1. The van der Waals surface area contributed by atoms with Crippen LogP contribution in [0.15, 0.2) is 59.4 Å². The first-order chi connectivity index (χ1) is 17.9. The van der Waals surface area contributed by atoms with Crippen LogP contribution in [0.1, 0.15) is 5.69 Å². The number of halogens is 2. The van der Waals surface area contributed by atoms with Crippen molar-refractivity contribution in [3.63, 3.8) is 0 Å². The quantitative estimate of drug-likeness (QED) is 0.532. The van der Waals surface area contributed by atoms with Gasteiger partial charge < -0.3 is 20.0 Å². The van der Waals surface area contributed by atoms with Gasteiger partial charge in [0.15, 0.2) is 0 Å². The van der Waals surface area contributed by atoms with E-state index >= 15 is 0 Å². The molecule has 0 saturated carbocycles. The molecule has 3 aromatic rings. The number of aromatic amines is 1. The second kappa shape index (κ2) is 11.2. The van der Waals surface area contributed by atoms with E-state index in [4.69, 9.17) is 16.6 Å². The van der Waals surface area contributed by atoms with Gasteiger partial charge >= 0.3 is 6.03 Å². The van der Waals surface area contributed by atoms with E-state index < -0.39 is 0 Å². The van der Waals surface area contributed by atoms with E-state index in [0.717, 1.165) is 13.1 Å². The van der Waals surface area contributed by atoms with Crippen molar-refractivity contribution in [2.45, 2.75) is 6.54 Å². The maximum Gasteiger partial charge on any atom is 0.321 e. The average molecular weight is 526 g/mol. The van der Waals surface area contributed by atoms with Crippen molar-refractivity contribution in [3.8, 4) is 0 Å². The molecule has 2 aliphatic rings. The Morgan fingerprint density at radius 3 is 2.32 bits per heavy atom. The normalized spacial score (nSPS) is 16.6. The Balaban J connectivity index is 1.15. The number of H-pyrrole nitrogens is 1. The van der Waals surface area contributed by atoms with Gasteiger partial charge in [-0.15, -0.1) is 0 Å². The third-order valence-corrected chi connectivity index (χ3v) is 6.95. The summed E-state index contributed by atoms with van der Waals surface area (Å²) in [7, 11) is 0. The minimum absolute atomic E-state index is 0.174. The van der Waals surface area contributed by atoms with Crippen LogP contribution in [0.4, 0.5) is 26.5 Å². The number of benzene rings is 2. The number of rotatable bonds is 5. The lowest BCUT2D eigenvalue weighted by molar-refractivity contribution is 0.208. The molecule has 0 radical (unpaired) electrons. The monoisotopic (exact) mass is 525 g/mol. The third-order valence-electron chi connectivity index (χ3n) is 6.70. The van der Waals surface area contributed by atoms with Gasteiger partial charge in [0, 0.05) is 75.7 Å². The maximum atomic E-state index is 14.1. The number of hydrogen-bond acceptors (Lipinski definition) is 6. The molecule has 2 fully saturated rings. The SMILES string of the molecule is O=C(Nc1ccc(Cl)cc1)N1CCN(c2nc(CN3CCN(c4ccccc4F)CC3)cc(=O)[nH]2)CC1. The minimum Gasteiger partial charge on any atom is -0.367 e. The van der Waals surface area contributed by atoms with Crippen LogP contribution in [0, 0.1) is 5.82 Å². The molecule has 0 unspecified atom stereocenters. The number of hydrogen-bond donors (Lipinski definition) is 2. The number of nitrogens with zero attached hydrogens (tertiary/aromatic N) is 5. The molecule has 194 valence electrons. The Hall–Kier alpha value is -3.63. The number of piperazine rings is 2. The first kappa shape index (κ1) is 25.0. The number of aromatic nitrogens is 2. The third kappa shape index (κ3) is 6.20. The summed E-state index contributed by atoms with van der Waals surface area (Å²) in [6.07, 6.45) is 0. The van der Waals surface area contributed by atoms with Crippen molar-refractivity contribution >= 4 is 35.0 Å². The lowest BCUT2D eigenvalue weighted by atomic mass is 10.2. The van der Waals surface area contributed by atoms with Gasteiger partial charge in [-0.3, -0.25) is 14.7 Å². The zero-order chi connectivity index (χ0) is 25.8. The molecule has 2 saturated heterocycles. The highest BCUT2D eigenvalue weighted by Gasteiger charge is 2.24. The van der Waals surface area contributed by atoms with E-state index in [9.17, 15) is 14.0 Å². The lowest BCUT2D eigenvalue weighted by Crippen LogP contribution is -2.51. The fraction of sp³-hybridized carbons (Fsp3) is 0.346. The lowest BCUT2D eigenvalue weighted by Gasteiger charge is -2.36. The predicted molar refractivity (Wildman–Crippen MR) is 143 cm³/mol. The predicted octanol–water partition coefficient (Wildman–Crippen LogP) is 3.24. The van der Waals surface area contributed by atoms with E-state index in [2.05, 4.69) is 15.2 Å². The topological polar surface area (TPSA) is 87.8 Å². The number of amides is 2. The van der Waals surface area contributed by atoms with Gasteiger partial charge in [0.05, 0.1) is 11.4 Å². The number of carbonyl (C=O) groups is 1. The second-order valence-electron chi connectivity index (χ2n) is 9.19. The van der Waals surface area contributed by atoms with Crippen molar-refractivity contribution in [1.29, 1.82) is 0 Å². The summed E-state index contributed by atoms with van der Waals surface area (Å²) >= 11 is 5.91. The largest absolute Gasteiger partial charge is 0.367 e. The highest BCUT2D eigenvalue weighted by Crippen LogP contribution is 2.21. The molecule has 2 aromatic carbocycles. The van der Waals surface area contributed by atoms with Crippen LogP contribution < -0.4 is 20.7 Å². The van der Waals surface area contributed by atoms with Gasteiger partial charge in [-0.2, -0.15) is 0 Å². The van der Waals surface area contributed by atoms with E-state index in [-0.39, 0.29) is 17.4 Å². The van der Waals surface area contributed by atoms with Gasteiger partial charge in [-0.05, 0) is 36.4 Å². The number of urea groups is 1. The summed E-state index contributed by atoms with van der Waals surface area (Å²) < 4.78 is 14.1. The summed E-state index contributed by atoms with van der Waals surface area (Å²) in [5, 5.41) is 3.49. The summed E-state index contributed by atoms with van der Waals surface area (Å²) in [5.41, 5.74) is 1.80. The number of para-hydroxylation sites is 1. The van der Waals surface area contributed by atoms with Crippen molar-refractivity contribution in [2.75, 3.05) is 67.5 Å². The van der Waals surface area contributed by atoms with Gasteiger partial charge in [-0.25, -0.2) is 14.2 Å². The Kier molecular flexibility index (Phi) is 7.57. The van der Waals surface area contributed by atoms with Crippen molar-refractivity contribution in [3.05, 3.63) is 81.5 Å². The molecule has 2 N–H and O–H groups in total. The number of anilines is 3. The van der Waals surface area contributed by atoms with E-state index in [1.807, 2.05) is 15.9 Å². The molecule has 0 spiro atoms. The van der Waals surface area contributed by atoms with Crippen LogP contribution in [-0.4, -0.2) is 78.2 Å². The van der Waals surface area contributed by atoms with Crippen LogP contribution in [0.2, 0.25) is 5.02 Å². The highest BCUT2D eigenvalue weighted by molar-refractivity contribution is 6.30. The van der Waals surface area contributed by atoms with Crippen LogP contribution in [0.25, 0.3) is 0 Å². The summed E-state index contributed by atoms with van der Waals surface area (Å²) in [4.78, 5) is 40.6.